The topological polar surface area (TPSA) is 85.1 Å². The van der Waals surface area contributed by atoms with Gasteiger partial charge in [0.05, 0.1) is 0 Å². The van der Waals surface area contributed by atoms with Gasteiger partial charge in [0.25, 0.3) is 0 Å². The Morgan fingerprint density at radius 1 is 1.53 bits per heavy atom. The number of aromatic nitrogens is 1. The number of nitrogens with two attached hydrogens (primary N) is 1. The van der Waals surface area contributed by atoms with Crippen molar-refractivity contribution in [3.05, 3.63) is 39.1 Å². The molecule has 2 aromatic rings. The van der Waals surface area contributed by atoms with Crippen molar-refractivity contribution in [3.8, 4) is 0 Å². The molecule has 0 saturated carbocycles. The summed E-state index contributed by atoms with van der Waals surface area (Å²) < 4.78 is 27.7. The molecule has 0 aliphatic rings. The van der Waals surface area contributed by atoms with Gasteiger partial charge in [0.15, 0.2) is 0 Å². The highest BCUT2D eigenvalue weighted by Gasteiger charge is 2.22. The van der Waals surface area contributed by atoms with Crippen LogP contribution in [0.25, 0.3) is 0 Å². The van der Waals surface area contributed by atoms with Crippen molar-refractivity contribution in [1.29, 1.82) is 0 Å². The number of anilines is 1. The predicted octanol–water partition coefficient (Wildman–Crippen LogP) is 2.53. The van der Waals surface area contributed by atoms with E-state index >= 15 is 0 Å². The summed E-state index contributed by atoms with van der Waals surface area (Å²) in [5.74, 6) is -0.0202. The molecule has 1 unspecified atom stereocenters. The van der Waals surface area contributed by atoms with Crippen LogP contribution in [0.4, 0.5) is 5.82 Å². The Bertz CT molecular complexity index is 671. The molecule has 0 amide bonds. The van der Waals surface area contributed by atoms with E-state index in [9.17, 15) is 8.42 Å². The Hall–Kier alpha value is -0.960. The fraction of sp³-hybridized carbons (Fsp3) is 0.182. The van der Waals surface area contributed by atoms with Crippen LogP contribution in [0.1, 0.15) is 18.5 Å². The molecular formula is C11H12BrN3O2S2. The fourth-order valence-corrected chi connectivity index (χ4v) is 4.11. The second-order valence-corrected chi connectivity index (χ2v) is 7.31. The number of nitrogens with one attached hydrogen (secondary N) is 1. The lowest BCUT2D eigenvalue weighted by Crippen LogP contribution is -2.27. The van der Waals surface area contributed by atoms with Gasteiger partial charge in [-0.2, -0.15) is 11.3 Å². The molecule has 0 spiro atoms. The monoisotopic (exact) mass is 361 g/mol. The van der Waals surface area contributed by atoms with Crippen molar-refractivity contribution < 1.29 is 8.42 Å². The Kier molecular flexibility index (Phi) is 4.24. The molecule has 19 heavy (non-hydrogen) atoms. The number of rotatable bonds is 4. The third kappa shape index (κ3) is 3.33. The van der Waals surface area contributed by atoms with Gasteiger partial charge in [-0.15, -0.1) is 0 Å². The highest BCUT2D eigenvalue weighted by atomic mass is 79.9. The highest BCUT2D eigenvalue weighted by Crippen LogP contribution is 2.23. The van der Waals surface area contributed by atoms with Crippen LogP contribution in [0.2, 0.25) is 0 Å². The number of hydrogen-bond acceptors (Lipinski definition) is 5. The third-order valence-corrected chi connectivity index (χ3v) is 5.22. The molecule has 8 heteroatoms. The minimum atomic E-state index is -3.70. The summed E-state index contributed by atoms with van der Waals surface area (Å²) in [6, 6.07) is 2.99. The lowest BCUT2D eigenvalue weighted by atomic mass is 10.2. The zero-order chi connectivity index (χ0) is 14.0. The lowest BCUT2D eigenvalue weighted by molar-refractivity contribution is 0.567. The molecule has 0 fully saturated rings. The van der Waals surface area contributed by atoms with Gasteiger partial charge in [-0.1, -0.05) is 0 Å². The van der Waals surface area contributed by atoms with Crippen LogP contribution in [-0.4, -0.2) is 13.4 Å². The molecule has 2 aromatic heterocycles. The maximum atomic E-state index is 12.3. The van der Waals surface area contributed by atoms with Gasteiger partial charge >= 0.3 is 0 Å². The third-order valence-electron chi connectivity index (χ3n) is 2.51. The molecule has 1 atom stereocenters. The van der Waals surface area contributed by atoms with E-state index in [0.29, 0.717) is 4.47 Å². The molecule has 0 aliphatic heterocycles. The van der Waals surface area contributed by atoms with Crippen LogP contribution in [0, 0.1) is 0 Å². The van der Waals surface area contributed by atoms with E-state index in [4.69, 9.17) is 5.73 Å². The normalized spacial score (nSPS) is 13.4. The fourth-order valence-electron chi connectivity index (χ4n) is 1.53. The Morgan fingerprint density at radius 3 is 2.89 bits per heavy atom. The van der Waals surface area contributed by atoms with Gasteiger partial charge in [0, 0.05) is 16.7 Å². The molecule has 102 valence electrons. The number of hydrogen-bond donors (Lipinski definition) is 2. The summed E-state index contributed by atoms with van der Waals surface area (Å²) in [6.07, 6.45) is 1.46. The Morgan fingerprint density at radius 2 is 2.26 bits per heavy atom. The summed E-state index contributed by atoms with van der Waals surface area (Å²) in [4.78, 5) is 3.80. The minimum absolute atomic E-state index is 0.0202. The molecule has 0 radical (unpaired) electrons. The molecule has 2 heterocycles. The van der Waals surface area contributed by atoms with E-state index < -0.39 is 10.0 Å². The van der Waals surface area contributed by atoms with Gasteiger partial charge in [-0.3, -0.25) is 0 Å². The predicted molar refractivity (Wildman–Crippen MR) is 79.4 cm³/mol. The number of pyridine rings is 1. The Balaban J connectivity index is 2.30. The zero-order valence-corrected chi connectivity index (χ0v) is 13.2. The first-order valence-electron chi connectivity index (χ1n) is 5.35. The van der Waals surface area contributed by atoms with Gasteiger partial charge in [-0.05, 0) is 51.3 Å². The van der Waals surface area contributed by atoms with E-state index in [-0.39, 0.29) is 16.8 Å². The molecule has 0 aliphatic carbocycles. The van der Waals surface area contributed by atoms with Crippen LogP contribution in [0.15, 0.2) is 38.5 Å². The first-order chi connectivity index (χ1) is 8.90. The van der Waals surface area contributed by atoms with Crippen molar-refractivity contribution in [2.24, 2.45) is 0 Å². The molecule has 2 rings (SSSR count). The molecule has 0 bridgehead atoms. The summed E-state index contributed by atoms with van der Waals surface area (Å²) in [6.45, 7) is 1.78. The van der Waals surface area contributed by atoms with Crippen molar-refractivity contribution in [2.75, 3.05) is 5.73 Å². The maximum absolute atomic E-state index is 12.3. The van der Waals surface area contributed by atoms with E-state index in [2.05, 4.69) is 25.6 Å². The Labute approximate surface area is 124 Å². The first-order valence-corrected chi connectivity index (χ1v) is 8.57. The van der Waals surface area contributed by atoms with E-state index in [0.717, 1.165) is 5.56 Å². The maximum Gasteiger partial charge on any atom is 0.244 e. The molecule has 5 nitrogen and oxygen atoms in total. The number of thiophene rings is 1. The van der Waals surface area contributed by atoms with Crippen LogP contribution in [0.3, 0.4) is 0 Å². The standard InChI is InChI=1S/C11H12BrN3O2S2/c1-7(8-2-3-18-6-8)15-19(16,17)10-4-9(12)5-14-11(10)13/h2-7,15H,1H3,(H2,13,14). The summed E-state index contributed by atoms with van der Waals surface area (Å²) in [5, 5.41) is 3.80. The van der Waals surface area contributed by atoms with Crippen molar-refractivity contribution in [3.63, 3.8) is 0 Å². The summed E-state index contributed by atoms with van der Waals surface area (Å²) in [7, 11) is -3.70. The SMILES string of the molecule is CC(NS(=O)(=O)c1cc(Br)cnc1N)c1ccsc1. The van der Waals surface area contributed by atoms with Gasteiger partial charge in [-0.25, -0.2) is 18.1 Å². The molecule has 3 N–H and O–H groups in total. The molecule has 0 aromatic carbocycles. The van der Waals surface area contributed by atoms with Crippen molar-refractivity contribution >= 4 is 43.1 Å². The van der Waals surface area contributed by atoms with Crippen molar-refractivity contribution in [1.82, 2.24) is 9.71 Å². The average molecular weight is 362 g/mol. The number of nitrogens with zero attached hydrogens (tertiary/aromatic N) is 1. The smallest absolute Gasteiger partial charge is 0.244 e. The second kappa shape index (κ2) is 5.58. The summed E-state index contributed by atoms with van der Waals surface area (Å²) >= 11 is 4.70. The van der Waals surface area contributed by atoms with E-state index in [1.54, 1.807) is 6.92 Å². The van der Waals surface area contributed by atoms with Gasteiger partial charge in [0.1, 0.15) is 10.7 Å². The highest BCUT2D eigenvalue weighted by molar-refractivity contribution is 9.10. The van der Waals surface area contributed by atoms with E-state index in [1.165, 1.54) is 23.6 Å². The second-order valence-electron chi connectivity index (χ2n) is 3.94. The average Bonchev–Trinajstić information content (AvgIpc) is 2.85. The van der Waals surface area contributed by atoms with Gasteiger partial charge in [0.2, 0.25) is 10.0 Å². The van der Waals surface area contributed by atoms with Crippen molar-refractivity contribution in [2.45, 2.75) is 17.9 Å². The van der Waals surface area contributed by atoms with Gasteiger partial charge < -0.3 is 5.73 Å². The molecule has 0 saturated heterocycles. The van der Waals surface area contributed by atoms with Crippen LogP contribution >= 0.6 is 27.3 Å². The largest absolute Gasteiger partial charge is 0.383 e. The summed E-state index contributed by atoms with van der Waals surface area (Å²) in [5.41, 5.74) is 6.53. The zero-order valence-electron chi connectivity index (χ0n) is 10.00. The number of sulfonamides is 1. The lowest BCUT2D eigenvalue weighted by Gasteiger charge is -2.14. The number of nitrogen functional groups attached to an aromatic ring is 1. The number of halogens is 1. The minimum Gasteiger partial charge on any atom is -0.383 e. The van der Waals surface area contributed by atoms with E-state index in [1.807, 2.05) is 16.8 Å². The van der Waals surface area contributed by atoms with Crippen LogP contribution in [-0.2, 0) is 10.0 Å². The van der Waals surface area contributed by atoms with Crippen LogP contribution < -0.4 is 10.5 Å². The van der Waals surface area contributed by atoms with Crippen LogP contribution in [0.5, 0.6) is 0 Å². The molecular weight excluding hydrogens is 350 g/mol. The quantitative estimate of drug-likeness (QED) is 0.875. The first kappa shape index (κ1) is 14.4.